The zero-order valence-corrected chi connectivity index (χ0v) is 15.8. The number of amides is 1. The SMILES string of the molecule is COc1ccc(C)cc1CC(=O)N1CCCC[C@@H]1CN1CCCCC1. The third kappa shape index (κ3) is 4.75. The molecule has 2 aliphatic heterocycles. The maximum absolute atomic E-state index is 13.1. The molecule has 4 nitrogen and oxygen atoms in total. The van der Waals surface area contributed by atoms with Crippen molar-refractivity contribution in [2.75, 3.05) is 33.3 Å². The van der Waals surface area contributed by atoms with Gasteiger partial charge in [-0.2, -0.15) is 0 Å². The largest absolute Gasteiger partial charge is 0.496 e. The average Bonchev–Trinajstić information content (AvgIpc) is 2.63. The number of likely N-dealkylation sites (tertiary alicyclic amines) is 2. The number of carbonyl (C=O) groups is 1. The van der Waals surface area contributed by atoms with E-state index in [1.807, 2.05) is 12.1 Å². The number of aryl methyl sites for hydroxylation is 1. The van der Waals surface area contributed by atoms with Crippen molar-refractivity contribution in [2.24, 2.45) is 0 Å². The number of ether oxygens (including phenoxy) is 1. The molecular weight excluding hydrogens is 312 g/mol. The van der Waals surface area contributed by atoms with Gasteiger partial charge in [-0.15, -0.1) is 0 Å². The summed E-state index contributed by atoms with van der Waals surface area (Å²) in [5.41, 5.74) is 2.18. The molecule has 0 aromatic heterocycles. The predicted molar refractivity (Wildman–Crippen MR) is 101 cm³/mol. The van der Waals surface area contributed by atoms with E-state index in [0.717, 1.165) is 37.2 Å². The van der Waals surface area contributed by atoms with Gasteiger partial charge in [0.1, 0.15) is 5.75 Å². The summed E-state index contributed by atoms with van der Waals surface area (Å²) in [6, 6.07) is 6.47. The summed E-state index contributed by atoms with van der Waals surface area (Å²) >= 11 is 0. The van der Waals surface area contributed by atoms with E-state index in [2.05, 4.69) is 22.8 Å². The zero-order chi connectivity index (χ0) is 17.6. The van der Waals surface area contributed by atoms with Crippen molar-refractivity contribution in [1.29, 1.82) is 0 Å². The van der Waals surface area contributed by atoms with E-state index in [9.17, 15) is 4.79 Å². The number of rotatable bonds is 5. The van der Waals surface area contributed by atoms with E-state index in [4.69, 9.17) is 4.74 Å². The Morgan fingerprint density at radius 3 is 2.64 bits per heavy atom. The van der Waals surface area contributed by atoms with Crippen molar-refractivity contribution in [3.05, 3.63) is 29.3 Å². The second kappa shape index (κ2) is 8.70. The van der Waals surface area contributed by atoms with Crippen LogP contribution in [0.15, 0.2) is 18.2 Å². The van der Waals surface area contributed by atoms with Gasteiger partial charge in [0.15, 0.2) is 0 Å². The smallest absolute Gasteiger partial charge is 0.227 e. The molecule has 1 atom stereocenters. The second-order valence-electron chi connectivity index (χ2n) is 7.59. The molecule has 3 rings (SSSR count). The van der Waals surface area contributed by atoms with Crippen LogP contribution in [0.4, 0.5) is 0 Å². The molecule has 0 bridgehead atoms. The topological polar surface area (TPSA) is 32.8 Å². The van der Waals surface area contributed by atoms with Crippen molar-refractivity contribution >= 4 is 5.91 Å². The number of nitrogens with zero attached hydrogens (tertiary/aromatic N) is 2. The molecule has 2 saturated heterocycles. The lowest BCUT2D eigenvalue weighted by atomic mass is 9.98. The lowest BCUT2D eigenvalue weighted by Gasteiger charge is -2.40. The quantitative estimate of drug-likeness (QED) is 0.820. The molecule has 2 aliphatic rings. The maximum Gasteiger partial charge on any atom is 0.227 e. The van der Waals surface area contributed by atoms with E-state index >= 15 is 0 Å². The molecular formula is C21H32N2O2. The minimum atomic E-state index is 0.255. The van der Waals surface area contributed by atoms with Crippen LogP contribution in [0, 0.1) is 6.92 Å². The highest BCUT2D eigenvalue weighted by atomic mass is 16.5. The predicted octanol–water partition coefficient (Wildman–Crippen LogP) is 3.41. The van der Waals surface area contributed by atoms with Crippen molar-refractivity contribution in [2.45, 2.75) is 57.9 Å². The summed E-state index contributed by atoms with van der Waals surface area (Å²) < 4.78 is 5.46. The van der Waals surface area contributed by atoms with Crippen LogP contribution in [0.1, 0.15) is 49.7 Å². The molecule has 0 unspecified atom stereocenters. The van der Waals surface area contributed by atoms with Crippen LogP contribution >= 0.6 is 0 Å². The van der Waals surface area contributed by atoms with Gasteiger partial charge in [-0.05, 0) is 58.2 Å². The van der Waals surface area contributed by atoms with Crippen molar-refractivity contribution in [3.8, 4) is 5.75 Å². The molecule has 1 aromatic rings. The van der Waals surface area contributed by atoms with Crippen molar-refractivity contribution in [1.82, 2.24) is 9.80 Å². The van der Waals surface area contributed by atoms with E-state index in [-0.39, 0.29) is 5.91 Å². The van der Waals surface area contributed by atoms with Crippen LogP contribution in [-0.4, -0.2) is 55.0 Å². The van der Waals surface area contributed by atoms with Gasteiger partial charge in [-0.1, -0.05) is 24.1 Å². The standard InChI is InChI=1S/C21H32N2O2/c1-17-9-10-20(25-2)18(14-17)15-21(24)23-13-7-4-8-19(23)16-22-11-5-3-6-12-22/h9-10,14,19H,3-8,11-13,15-16H2,1-2H3/t19-/m1/s1. The molecule has 1 aromatic carbocycles. The summed E-state index contributed by atoms with van der Waals surface area (Å²) in [5.74, 6) is 1.08. The van der Waals surface area contributed by atoms with Crippen LogP contribution in [0.25, 0.3) is 0 Å². The Labute approximate surface area is 152 Å². The monoisotopic (exact) mass is 344 g/mol. The van der Waals surface area contributed by atoms with E-state index < -0.39 is 0 Å². The summed E-state index contributed by atoms with van der Waals surface area (Å²) in [5, 5.41) is 0. The first-order valence-corrected chi connectivity index (χ1v) is 9.82. The molecule has 1 amide bonds. The average molecular weight is 344 g/mol. The Balaban J connectivity index is 1.67. The minimum Gasteiger partial charge on any atom is -0.496 e. The molecule has 25 heavy (non-hydrogen) atoms. The molecule has 0 spiro atoms. The van der Waals surface area contributed by atoms with Gasteiger partial charge in [0.05, 0.1) is 13.5 Å². The Hall–Kier alpha value is -1.55. The fraction of sp³-hybridized carbons (Fsp3) is 0.667. The highest BCUT2D eigenvalue weighted by Crippen LogP contribution is 2.24. The minimum absolute atomic E-state index is 0.255. The highest BCUT2D eigenvalue weighted by Gasteiger charge is 2.29. The van der Waals surface area contributed by atoms with Gasteiger partial charge >= 0.3 is 0 Å². The van der Waals surface area contributed by atoms with Gasteiger partial charge in [0.2, 0.25) is 5.91 Å². The van der Waals surface area contributed by atoms with Gasteiger partial charge < -0.3 is 14.5 Å². The summed E-state index contributed by atoms with van der Waals surface area (Å²) in [7, 11) is 1.68. The number of carbonyl (C=O) groups excluding carboxylic acids is 1. The molecule has 0 saturated carbocycles. The fourth-order valence-electron chi connectivity index (χ4n) is 4.27. The van der Waals surface area contributed by atoms with Gasteiger partial charge in [0.25, 0.3) is 0 Å². The Kier molecular flexibility index (Phi) is 6.35. The number of hydrogen-bond acceptors (Lipinski definition) is 3. The third-order valence-corrected chi connectivity index (χ3v) is 5.64. The number of hydrogen-bond donors (Lipinski definition) is 0. The summed E-state index contributed by atoms with van der Waals surface area (Å²) in [4.78, 5) is 17.8. The molecule has 4 heteroatoms. The van der Waals surface area contributed by atoms with Crippen LogP contribution in [-0.2, 0) is 11.2 Å². The first kappa shape index (κ1) is 18.2. The van der Waals surface area contributed by atoms with E-state index in [0.29, 0.717) is 12.5 Å². The van der Waals surface area contributed by atoms with Gasteiger partial charge in [0, 0.05) is 24.7 Å². The van der Waals surface area contributed by atoms with Crippen LogP contribution in [0.3, 0.4) is 0 Å². The van der Waals surface area contributed by atoms with Crippen molar-refractivity contribution in [3.63, 3.8) is 0 Å². The summed E-state index contributed by atoms with van der Waals surface area (Å²) in [6.45, 7) is 6.42. The normalized spacial score (nSPS) is 22.0. The van der Waals surface area contributed by atoms with E-state index in [1.165, 1.54) is 44.3 Å². The Morgan fingerprint density at radius 2 is 1.88 bits per heavy atom. The molecule has 138 valence electrons. The highest BCUT2D eigenvalue weighted by molar-refractivity contribution is 5.80. The molecule has 0 radical (unpaired) electrons. The Bertz CT molecular complexity index is 581. The summed E-state index contributed by atoms with van der Waals surface area (Å²) in [6.07, 6.45) is 7.94. The van der Waals surface area contributed by atoms with Crippen molar-refractivity contribution < 1.29 is 9.53 Å². The zero-order valence-electron chi connectivity index (χ0n) is 15.8. The first-order valence-electron chi connectivity index (χ1n) is 9.82. The fourth-order valence-corrected chi connectivity index (χ4v) is 4.27. The van der Waals surface area contributed by atoms with Gasteiger partial charge in [-0.25, -0.2) is 0 Å². The van der Waals surface area contributed by atoms with Gasteiger partial charge in [-0.3, -0.25) is 4.79 Å². The molecule has 0 aliphatic carbocycles. The Morgan fingerprint density at radius 1 is 1.12 bits per heavy atom. The first-order chi connectivity index (χ1) is 12.2. The van der Waals surface area contributed by atoms with Crippen LogP contribution < -0.4 is 4.74 Å². The third-order valence-electron chi connectivity index (χ3n) is 5.64. The molecule has 0 N–H and O–H groups in total. The lowest BCUT2D eigenvalue weighted by Crippen LogP contribution is -2.50. The second-order valence-corrected chi connectivity index (χ2v) is 7.59. The van der Waals surface area contributed by atoms with Crippen LogP contribution in [0.2, 0.25) is 0 Å². The van der Waals surface area contributed by atoms with Crippen LogP contribution in [0.5, 0.6) is 5.75 Å². The number of benzene rings is 1. The maximum atomic E-state index is 13.1. The van der Waals surface area contributed by atoms with E-state index in [1.54, 1.807) is 7.11 Å². The molecule has 2 heterocycles. The number of methoxy groups -OCH3 is 1. The number of piperidine rings is 2. The lowest BCUT2D eigenvalue weighted by molar-refractivity contribution is -0.134. The molecule has 2 fully saturated rings.